The van der Waals surface area contributed by atoms with Crippen LogP contribution >= 0.6 is 11.3 Å². The molecule has 1 aliphatic heterocycles. The second-order valence-corrected chi connectivity index (χ2v) is 5.24. The van der Waals surface area contributed by atoms with Gasteiger partial charge in [0.2, 0.25) is 0 Å². The zero-order valence-corrected chi connectivity index (χ0v) is 11.6. The van der Waals surface area contributed by atoms with Crippen molar-refractivity contribution in [3.8, 4) is 6.07 Å². The average molecular weight is 286 g/mol. The number of nitrogens with zero attached hydrogens (tertiary/aromatic N) is 1. The van der Waals surface area contributed by atoms with Crippen LogP contribution in [0.3, 0.4) is 0 Å². The molecule has 2 heterocycles. The van der Waals surface area contributed by atoms with Crippen molar-refractivity contribution < 1.29 is 9.90 Å². The Kier molecular flexibility index (Phi) is 4.75. The standard InChI is InChI=1S/C10H11NO2.C5H3NS/c12-10(13)8-3-4-9-7(6-8)2-1-5-11-9;6-4-5-2-1-3-7-5/h3-4,6,11H,1-2,5H2,(H,12,13);1-3H. The van der Waals surface area contributed by atoms with Crippen LogP contribution in [0.1, 0.15) is 27.2 Å². The molecule has 4 nitrogen and oxygen atoms in total. The molecule has 102 valence electrons. The number of hydrogen-bond acceptors (Lipinski definition) is 4. The number of aryl methyl sites for hydroxylation is 1. The van der Waals surface area contributed by atoms with E-state index in [1.54, 1.807) is 18.2 Å². The van der Waals surface area contributed by atoms with Gasteiger partial charge in [0.25, 0.3) is 0 Å². The van der Waals surface area contributed by atoms with Crippen molar-refractivity contribution in [1.82, 2.24) is 0 Å². The molecular formula is C15H14N2O2S. The number of carboxylic acid groups (broad SMARTS) is 1. The molecule has 0 bridgehead atoms. The summed E-state index contributed by atoms with van der Waals surface area (Å²) in [4.78, 5) is 11.4. The van der Waals surface area contributed by atoms with Crippen LogP contribution < -0.4 is 5.32 Å². The number of rotatable bonds is 1. The summed E-state index contributed by atoms with van der Waals surface area (Å²) in [5, 5.41) is 22.1. The molecule has 0 saturated carbocycles. The van der Waals surface area contributed by atoms with Gasteiger partial charge in [0.15, 0.2) is 0 Å². The predicted octanol–water partition coefficient (Wildman–Crippen LogP) is 3.36. The first-order chi connectivity index (χ1) is 9.70. The van der Waals surface area contributed by atoms with Crippen LogP contribution in [0.2, 0.25) is 0 Å². The first-order valence-corrected chi connectivity index (χ1v) is 7.12. The maximum Gasteiger partial charge on any atom is 0.335 e. The van der Waals surface area contributed by atoms with Crippen LogP contribution in [0.4, 0.5) is 5.69 Å². The van der Waals surface area contributed by atoms with Gasteiger partial charge < -0.3 is 10.4 Å². The normalized spacial score (nSPS) is 12.2. The van der Waals surface area contributed by atoms with E-state index in [9.17, 15) is 4.79 Å². The topological polar surface area (TPSA) is 73.1 Å². The Balaban J connectivity index is 0.000000178. The van der Waals surface area contributed by atoms with Gasteiger partial charge in [0.1, 0.15) is 10.9 Å². The maximum atomic E-state index is 10.7. The zero-order valence-electron chi connectivity index (χ0n) is 10.8. The third-order valence-electron chi connectivity index (χ3n) is 2.92. The summed E-state index contributed by atoms with van der Waals surface area (Å²) < 4.78 is 0. The fourth-order valence-electron chi connectivity index (χ4n) is 1.95. The monoisotopic (exact) mass is 286 g/mol. The Hall–Kier alpha value is -2.32. The van der Waals surface area contributed by atoms with E-state index in [0.29, 0.717) is 5.56 Å². The highest BCUT2D eigenvalue weighted by Gasteiger charge is 2.10. The van der Waals surface area contributed by atoms with Crippen molar-refractivity contribution in [2.75, 3.05) is 11.9 Å². The van der Waals surface area contributed by atoms with E-state index in [-0.39, 0.29) is 0 Å². The van der Waals surface area contributed by atoms with E-state index in [1.165, 1.54) is 11.3 Å². The maximum absolute atomic E-state index is 10.7. The quantitative estimate of drug-likeness (QED) is 0.843. The largest absolute Gasteiger partial charge is 0.478 e. The number of hydrogen-bond donors (Lipinski definition) is 2. The first-order valence-electron chi connectivity index (χ1n) is 6.24. The Bertz CT molecular complexity index is 630. The lowest BCUT2D eigenvalue weighted by Gasteiger charge is -2.17. The minimum atomic E-state index is -0.853. The molecule has 0 fully saturated rings. The van der Waals surface area contributed by atoms with Crippen molar-refractivity contribution in [1.29, 1.82) is 5.26 Å². The second kappa shape index (κ2) is 6.73. The van der Waals surface area contributed by atoms with E-state index in [0.717, 1.165) is 35.5 Å². The number of thiophene rings is 1. The molecule has 0 saturated heterocycles. The minimum absolute atomic E-state index is 0.377. The highest BCUT2D eigenvalue weighted by Crippen LogP contribution is 2.22. The minimum Gasteiger partial charge on any atom is -0.478 e. The van der Waals surface area contributed by atoms with Crippen molar-refractivity contribution in [3.63, 3.8) is 0 Å². The molecule has 0 amide bonds. The van der Waals surface area contributed by atoms with Gasteiger partial charge in [-0.15, -0.1) is 11.3 Å². The Morgan fingerprint density at radius 1 is 1.40 bits per heavy atom. The van der Waals surface area contributed by atoms with Crippen molar-refractivity contribution >= 4 is 23.0 Å². The molecule has 0 unspecified atom stereocenters. The molecule has 0 atom stereocenters. The fraction of sp³-hybridized carbons (Fsp3) is 0.200. The Morgan fingerprint density at radius 3 is 2.85 bits per heavy atom. The lowest BCUT2D eigenvalue weighted by atomic mass is 10.0. The fourth-order valence-corrected chi connectivity index (χ4v) is 2.46. The Labute approximate surface area is 121 Å². The molecule has 3 rings (SSSR count). The Morgan fingerprint density at radius 2 is 2.25 bits per heavy atom. The van der Waals surface area contributed by atoms with Crippen LogP contribution in [0.25, 0.3) is 0 Å². The number of carbonyl (C=O) groups is 1. The number of carboxylic acids is 1. The van der Waals surface area contributed by atoms with E-state index >= 15 is 0 Å². The van der Waals surface area contributed by atoms with Crippen LogP contribution in [-0.4, -0.2) is 17.6 Å². The van der Waals surface area contributed by atoms with Crippen molar-refractivity contribution in [3.05, 3.63) is 51.7 Å². The van der Waals surface area contributed by atoms with Gasteiger partial charge >= 0.3 is 5.97 Å². The van der Waals surface area contributed by atoms with Gasteiger partial charge in [0, 0.05) is 12.2 Å². The molecule has 0 aliphatic carbocycles. The SMILES string of the molecule is N#Cc1cccs1.O=C(O)c1ccc2c(c1)CCCN2. The van der Waals surface area contributed by atoms with Gasteiger partial charge in [-0.05, 0) is 48.1 Å². The number of aromatic carboxylic acids is 1. The van der Waals surface area contributed by atoms with Gasteiger partial charge in [0.05, 0.1) is 5.56 Å². The summed E-state index contributed by atoms with van der Waals surface area (Å²) >= 11 is 1.46. The van der Waals surface area contributed by atoms with E-state index in [4.69, 9.17) is 10.4 Å². The summed E-state index contributed by atoms with van der Waals surface area (Å²) in [6, 6.07) is 10.9. The van der Waals surface area contributed by atoms with Crippen LogP contribution in [0.5, 0.6) is 0 Å². The molecule has 2 aromatic rings. The van der Waals surface area contributed by atoms with Crippen LogP contribution in [-0.2, 0) is 6.42 Å². The lowest BCUT2D eigenvalue weighted by molar-refractivity contribution is 0.0697. The summed E-state index contributed by atoms with van der Waals surface area (Å²) in [7, 11) is 0. The third kappa shape index (κ3) is 3.59. The van der Waals surface area contributed by atoms with Gasteiger partial charge in [-0.2, -0.15) is 5.26 Å². The third-order valence-corrected chi connectivity index (χ3v) is 3.70. The number of nitrogens with one attached hydrogen (secondary N) is 1. The summed E-state index contributed by atoms with van der Waals surface area (Å²) in [6.45, 7) is 0.986. The van der Waals surface area contributed by atoms with Crippen LogP contribution in [0, 0.1) is 11.3 Å². The summed E-state index contributed by atoms with van der Waals surface area (Å²) in [5.41, 5.74) is 2.57. The molecule has 1 aromatic heterocycles. The highest BCUT2D eigenvalue weighted by atomic mass is 32.1. The van der Waals surface area contributed by atoms with Crippen molar-refractivity contribution in [2.45, 2.75) is 12.8 Å². The molecule has 0 radical (unpaired) electrons. The lowest BCUT2D eigenvalue weighted by Crippen LogP contribution is -2.12. The molecule has 20 heavy (non-hydrogen) atoms. The molecule has 2 N–H and O–H groups in total. The van der Waals surface area contributed by atoms with E-state index in [2.05, 4.69) is 5.32 Å². The highest BCUT2D eigenvalue weighted by molar-refractivity contribution is 7.10. The number of anilines is 1. The first kappa shape index (κ1) is 14.1. The van der Waals surface area contributed by atoms with Crippen LogP contribution in [0.15, 0.2) is 35.7 Å². The molecule has 0 spiro atoms. The average Bonchev–Trinajstić information content (AvgIpc) is 3.01. The molecule has 1 aliphatic rings. The van der Waals surface area contributed by atoms with Gasteiger partial charge in [-0.1, -0.05) is 6.07 Å². The van der Waals surface area contributed by atoms with Gasteiger partial charge in [-0.3, -0.25) is 0 Å². The zero-order chi connectivity index (χ0) is 14.4. The predicted molar refractivity (Wildman–Crippen MR) is 79.2 cm³/mol. The summed E-state index contributed by atoms with van der Waals surface area (Å²) in [6.07, 6.45) is 2.06. The number of nitriles is 1. The number of fused-ring (bicyclic) bond motifs is 1. The second-order valence-electron chi connectivity index (χ2n) is 4.30. The van der Waals surface area contributed by atoms with E-state index in [1.807, 2.05) is 23.6 Å². The van der Waals surface area contributed by atoms with Crippen molar-refractivity contribution in [2.24, 2.45) is 0 Å². The molecule has 5 heteroatoms. The molecular weight excluding hydrogens is 272 g/mol. The summed E-state index contributed by atoms with van der Waals surface area (Å²) in [5.74, 6) is -0.853. The van der Waals surface area contributed by atoms with Gasteiger partial charge in [-0.25, -0.2) is 4.79 Å². The number of benzene rings is 1. The van der Waals surface area contributed by atoms with E-state index < -0.39 is 5.97 Å². The smallest absolute Gasteiger partial charge is 0.335 e. The molecule has 1 aromatic carbocycles.